The summed E-state index contributed by atoms with van der Waals surface area (Å²) in [5.74, 6) is -0.0618. The summed E-state index contributed by atoms with van der Waals surface area (Å²) in [6.45, 7) is 6.67. The largest absolute Gasteiger partial charge is 0.341 e. The van der Waals surface area contributed by atoms with E-state index in [0.29, 0.717) is 24.2 Å². The Balaban J connectivity index is 0.00000361. The Labute approximate surface area is 126 Å². The van der Waals surface area contributed by atoms with E-state index in [1.807, 2.05) is 13.8 Å². The summed E-state index contributed by atoms with van der Waals surface area (Å²) in [7, 11) is 1.76. The van der Waals surface area contributed by atoms with E-state index in [2.05, 4.69) is 0 Å². The molecule has 0 atom stereocenters. The molecule has 0 fully saturated rings. The molecular formula is C15H23ClN2O2. The first-order valence-corrected chi connectivity index (χ1v) is 6.33. The molecule has 0 aliphatic carbocycles. The van der Waals surface area contributed by atoms with Crippen molar-refractivity contribution in [3.8, 4) is 0 Å². The number of hydrogen-bond donors (Lipinski definition) is 1. The van der Waals surface area contributed by atoms with Gasteiger partial charge in [-0.15, -0.1) is 12.4 Å². The van der Waals surface area contributed by atoms with Gasteiger partial charge in [-0.2, -0.15) is 0 Å². The molecule has 2 N–H and O–H groups in total. The van der Waals surface area contributed by atoms with Crippen molar-refractivity contribution in [2.75, 3.05) is 20.1 Å². The SMILES string of the molecule is CC(=O)c1ccc(C(=O)N(C)CC(C)(C)CN)cc1.Cl. The van der Waals surface area contributed by atoms with Gasteiger partial charge in [0.25, 0.3) is 5.91 Å². The molecule has 1 amide bonds. The fraction of sp³-hybridized carbons (Fsp3) is 0.467. The van der Waals surface area contributed by atoms with Gasteiger partial charge in [-0.05, 0) is 31.0 Å². The molecule has 20 heavy (non-hydrogen) atoms. The molecule has 1 rings (SSSR count). The third-order valence-corrected chi connectivity index (χ3v) is 3.10. The van der Waals surface area contributed by atoms with Crippen molar-refractivity contribution in [2.24, 2.45) is 11.1 Å². The van der Waals surface area contributed by atoms with Crippen LogP contribution in [0.4, 0.5) is 0 Å². The van der Waals surface area contributed by atoms with Crippen LogP contribution in [-0.4, -0.2) is 36.7 Å². The molecule has 0 bridgehead atoms. The molecule has 0 aromatic heterocycles. The molecule has 0 saturated carbocycles. The van der Waals surface area contributed by atoms with Crippen LogP contribution in [0.2, 0.25) is 0 Å². The Morgan fingerprint density at radius 1 is 1.15 bits per heavy atom. The van der Waals surface area contributed by atoms with E-state index < -0.39 is 0 Å². The molecule has 1 aromatic rings. The third kappa shape index (κ3) is 4.94. The van der Waals surface area contributed by atoms with Gasteiger partial charge in [-0.1, -0.05) is 26.0 Å². The number of hydrogen-bond acceptors (Lipinski definition) is 3. The van der Waals surface area contributed by atoms with Crippen LogP contribution in [0.1, 0.15) is 41.5 Å². The van der Waals surface area contributed by atoms with Crippen molar-refractivity contribution in [3.63, 3.8) is 0 Å². The third-order valence-electron chi connectivity index (χ3n) is 3.10. The number of carbonyl (C=O) groups excluding carboxylic acids is 2. The lowest BCUT2D eigenvalue weighted by Crippen LogP contribution is -2.39. The minimum Gasteiger partial charge on any atom is -0.341 e. The predicted molar refractivity (Wildman–Crippen MR) is 83.5 cm³/mol. The Hall–Kier alpha value is -1.39. The number of nitrogens with two attached hydrogens (primary N) is 1. The van der Waals surface area contributed by atoms with Crippen LogP contribution in [0.5, 0.6) is 0 Å². The van der Waals surface area contributed by atoms with Crippen molar-refractivity contribution in [1.82, 2.24) is 4.90 Å². The number of ketones is 1. The summed E-state index contributed by atoms with van der Waals surface area (Å²) in [5.41, 5.74) is 6.76. The highest BCUT2D eigenvalue weighted by Crippen LogP contribution is 2.16. The number of rotatable bonds is 5. The first-order chi connectivity index (χ1) is 8.76. The van der Waals surface area contributed by atoms with Crippen LogP contribution in [0.3, 0.4) is 0 Å². The zero-order valence-electron chi connectivity index (χ0n) is 12.5. The van der Waals surface area contributed by atoms with E-state index in [-0.39, 0.29) is 29.5 Å². The summed E-state index contributed by atoms with van der Waals surface area (Å²) in [4.78, 5) is 25.1. The second-order valence-electron chi connectivity index (χ2n) is 5.66. The molecule has 1 aromatic carbocycles. The van der Waals surface area contributed by atoms with Crippen LogP contribution in [-0.2, 0) is 0 Å². The molecule has 0 radical (unpaired) electrons. The minimum absolute atomic E-state index is 0. The number of benzene rings is 1. The summed E-state index contributed by atoms with van der Waals surface area (Å²) >= 11 is 0. The van der Waals surface area contributed by atoms with Gasteiger partial charge in [0.15, 0.2) is 5.78 Å². The lowest BCUT2D eigenvalue weighted by Gasteiger charge is -2.29. The Kier molecular flexibility index (Phi) is 6.89. The zero-order chi connectivity index (χ0) is 14.6. The standard InChI is InChI=1S/C15H22N2O2.ClH/c1-11(18)12-5-7-13(8-6-12)14(19)17(4)10-15(2,3)9-16;/h5-8H,9-10,16H2,1-4H3;1H. The molecule has 4 nitrogen and oxygen atoms in total. The summed E-state index contributed by atoms with van der Waals surface area (Å²) in [6.07, 6.45) is 0. The second kappa shape index (κ2) is 7.41. The first-order valence-electron chi connectivity index (χ1n) is 6.33. The van der Waals surface area contributed by atoms with Gasteiger partial charge < -0.3 is 10.6 Å². The van der Waals surface area contributed by atoms with E-state index in [9.17, 15) is 9.59 Å². The molecule has 112 valence electrons. The van der Waals surface area contributed by atoms with Gasteiger partial charge >= 0.3 is 0 Å². The maximum atomic E-state index is 12.2. The number of Topliss-reactive ketones (excluding diaryl/α,β-unsaturated/α-hetero) is 1. The molecule has 0 heterocycles. The van der Waals surface area contributed by atoms with E-state index in [4.69, 9.17) is 5.73 Å². The van der Waals surface area contributed by atoms with E-state index in [1.54, 1.807) is 36.2 Å². The fourth-order valence-corrected chi connectivity index (χ4v) is 1.85. The highest BCUT2D eigenvalue weighted by Gasteiger charge is 2.21. The lowest BCUT2D eigenvalue weighted by atomic mass is 9.93. The van der Waals surface area contributed by atoms with Gasteiger partial charge in [0.1, 0.15) is 0 Å². The smallest absolute Gasteiger partial charge is 0.253 e. The Morgan fingerprint density at radius 3 is 2.00 bits per heavy atom. The molecule has 0 aliphatic rings. The normalized spacial score (nSPS) is 10.7. The van der Waals surface area contributed by atoms with Crippen LogP contribution in [0.25, 0.3) is 0 Å². The number of nitrogens with zero attached hydrogens (tertiary/aromatic N) is 1. The van der Waals surface area contributed by atoms with E-state index in [0.717, 1.165) is 0 Å². The summed E-state index contributed by atoms with van der Waals surface area (Å²) in [5, 5.41) is 0. The highest BCUT2D eigenvalue weighted by molar-refractivity contribution is 5.97. The van der Waals surface area contributed by atoms with Crippen LogP contribution >= 0.6 is 12.4 Å². The Morgan fingerprint density at radius 2 is 1.60 bits per heavy atom. The second-order valence-corrected chi connectivity index (χ2v) is 5.66. The summed E-state index contributed by atoms with van der Waals surface area (Å²) < 4.78 is 0. The van der Waals surface area contributed by atoms with Gasteiger partial charge in [-0.3, -0.25) is 9.59 Å². The predicted octanol–water partition coefficient (Wildman–Crippen LogP) is 2.37. The average molecular weight is 299 g/mol. The molecule has 0 unspecified atom stereocenters. The van der Waals surface area contributed by atoms with Crippen molar-refractivity contribution < 1.29 is 9.59 Å². The molecular weight excluding hydrogens is 276 g/mol. The Bertz CT molecular complexity index is 469. The molecule has 0 saturated heterocycles. The van der Waals surface area contributed by atoms with Gasteiger partial charge in [0.05, 0.1) is 0 Å². The zero-order valence-corrected chi connectivity index (χ0v) is 13.3. The first kappa shape index (κ1) is 18.6. The number of carbonyl (C=O) groups is 2. The molecule has 0 spiro atoms. The van der Waals surface area contributed by atoms with Crippen molar-refractivity contribution in [2.45, 2.75) is 20.8 Å². The van der Waals surface area contributed by atoms with Crippen LogP contribution in [0.15, 0.2) is 24.3 Å². The fourth-order valence-electron chi connectivity index (χ4n) is 1.85. The highest BCUT2D eigenvalue weighted by atomic mass is 35.5. The maximum Gasteiger partial charge on any atom is 0.253 e. The monoisotopic (exact) mass is 298 g/mol. The van der Waals surface area contributed by atoms with E-state index >= 15 is 0 Å². The quantitative estimate of drug-likeness (QED) is 0.849. The van der Waals surface area contributed by atoms with E-state index in [1.165, 1.54) is 6.92 Å². The minimum atomic E-state index is -0.107. The average Bonchev–Trinajstić information content (AvgIpc) is 2.37. The molecule has 0 aliphatic heterocycles. The van der Waals surface area contributed by atoms with Gasteiger partial charge in [0, 0.05) is 24.7 Å². The number of amides is 1. The van der Waals surface area contributed by atoms with Crippen molar-refractivity contribution in [1.29, 1.82) is 0 Å². The van der Waals surface area contributed by atoms with Crippen molar-refractivity contribution in [3.05, 3.63) is 35.4 Å². The van der Waals surface area contributed by atoms with Gasteiger partial charge in [0.2, 0.25) is 0 Å². The maximum absolute atomic E-state index is 12.2. The summed E-state index contributed by atoms with van der Waals surface area (Å²) in [6, 6.07) is 6.73. The number of halogens is 1. The van der Waals surface area contributed by atoms with Crippen LogP contribution in [0, 0.1) is 5.41 Å². The molecule has 5 heteroatoms. The van der Waals surface area contributed by atoms with Gasteiger partial charge in [-0.25, -0.2) is 0 Å². The lowest BCUT2D eigenvalue weighted by molar-refractivity contribution is 0.0740. The van der Waals surface area contributed by atoms with Crippen LogP contribution < -0.4 is 5.73 Å². The van der Waals surface area contributed by atoms with Crippen molar-refractivity contribution >= 4 is 24.1 Å². The topological polar surface area (TPSA) is 63.4 Å².